The lowest BCUT2D eigenvalue weighted by molar-refractivity contribution is 0.807. The Balaban J connectivity index is 1.88. The summed E-state index contributed by atoms with van der Waals surface area (Å²) in [6.07, 6.45) is 3.94. The van der Waals surface area contributed by atoms with E-state index in [1.165, 1.54) is 16.8 Å². The molecule has 0 aliphatic carbocycles. The van der Waals surface area contributed by atoms with Gasteiger partial charge in [-0.2, -0.15) is 0 Å². The lowest BCUT2D eigenvalue weighted by Gasteiger charge is -2.21. The van der Waals surface area contributed by atoms with Gasteiger partial charge in [0.15, 0.2) is 5.82 Å². The van der Waals surface area contributed by atoms with Crippen LogP contribution in [0, 0.1) is 13.8 Å². The molecule has 5 nitrogen and oxygen atoms in total. The van der Waals surface area contributed by atoms with Crippen molar-refractivity contribution in [1.82, 2.24) is 24.5 Å². The minimum absolute atomic E-state index is 0.409. The van der Waals surface area contributed by atoms with Crippen LogP contribution in [0.25, 0.3) is 28.5 Å². The highest BCUT2D eigenvalue weighted by atomic mass is 15.1. The second kappa shape index (κ2) is 8.42. The summed E-state index contributed by atoms with van der Waals surface area (Å²) in [6, 6.07) is 14.9. The Morgan fingerprint density at radius 1 is 0.742 bits per heavy atom. The van der Waals surface area contributed by atoms with Crippen LogP contribution in [0.5, 0.6) is 0 Å². The fraction of sp³-hybridized carbons (Fsp3) is 0.308. The predicted octanol–water partition coefficient (Wildman–Crippen LogP) is 6.25. The molecule has 0 radical (unpaired) electrons. The number of rotatable bonds is 5. The van der Waals surface area contributed by atoms with Crippen molar-refractivity contribution in [3.05, 3.63) is 77.6 Å². The molecule has 0 bridgehead atoms. The molecule has 31 heavy (non-hydrogen) atoms. The van der Waals surface area contributed by atoms with Gasteiger partial charge in [-0.25, -0.2) is 19.9 Å². The summed E-state index contributed by atoms with van der Waals surface area (Å²) in [5.74, 6) is 3.87. The highest BCUT2D eigenvalue weighted by Crippen LogP contribution is 2.34. The van der Waals surface area contributed by atoms with Gasteiger partial charge in [-0.1, -0.05) is 64.1 Å². The number of nitrogens with zero attached hydrogens (tertiary/aromatic N) is 5. The van der Waals surface area contributed by atoms with Crippen molar-refractivity contribution in [2.45, 2.75) is 53.4 Å². The predicted molar refractivity (Wildman–Crippen MR) is 125 cm³/mol. The van der Waals surface area contributed by atoms with Crippen LogP contribution >= 0.6 is 0 Å². The number of para-hydroxylation sites is 1. The molecule has 158 valence electrons. The van der Waals surface area contributed by atoms with Crippen molar-refractivity contribution < 1.29 is 0 Å². The molecule has 0 saturated heterocycles. The molecule has 0 atom stereocenters. The van der Waals surface area contributed by atoms with Crippen molar-refractivity contribution in [3.8, 4) is 28.5 Å². The summed E-state index contributed by atoms with van der Waals surface area (Å²) < 4.78 is 2.23. The number of hydrogen-bond acceptors (Lipinski definition) is 4. The van der Waals surface area contributed by atoms with Crippen LogP contribution in [-0.2, 0) is 0 Å². The normalized spacial score (nSPS) is 11.5. The van der Waals surface area contributed by atoms with Crippen LogP contribution < -0.4 is 0 Å². The van der Waals surface area contributed by atoms with Gasteiger partial charge in [0, 0.05) is 23.5 Å². The molecule has 2 aromatic carbocycles. The summed E-state index contributed by atoms with van der Waals surface area (Å²) in [5.41, 5.74) is 5.88. The number of aryl methyl sites for hydroxylation is 2. The smallest absolute Gasteiger partial charge is 0.163 e. The maximum atomic E-state index is 4.74. The van der Waals surface area contributed by atoms with Gasteiger partial charge in [-0.3, -0.25) is 4.57 Å². The van der Waals surface area contributed by atoms with Gasteiger partial charge >= 0.3 is 0 Å². The fourth-order valence-corrected chi connectivity index (χ4v) is 4.03. The number of aromatic nitrogens is 5. The van der Waals surface area contributed by atoms with Gasteiger partial charge in [-0.05, 0) is 42.9 Å². The summed E-state index contributed by atoms with van der Waals surface area (Å²) >= 11 is 0. The summed E-state index contributed by atoms with van der Waals surface area (Å²) in [5, 5.41) is 0. The topological polar surface area (TPSA) is 56.5 Å². The Hall–Kier alpha value is -3.34. The first-order valence-corrected chi connectivity index (χ1v) is 10.8. The molecule has 0 N–H and O–H groups in total. The van der Waals surface area contributed by atoms with E-state index in [4.69, 9.17) is 4.98 Å². The van der Waals surface area contributed by atoms with Gasteiger partial charge in [-0.15, -0.1) is 0 Å². The highest BCUT2D eigenvalue weighted by molar-refractivity contribution is 5.68. The molecule has 0 fully saturated rings. The van der Waals surface area contributed by atoms with E-state index in [2.05, 4.69) is 83.7 Å². The molecule has 0 saturated carbocycles. The first kappa shape index (κ1) is 20.9. The van der Waals surface area contributed by atoms with E-state index < -0.39 is 0 Å². The molecule has 0 aliphatic heterocycles. The third-order valence-electron chi connectivity index (χ3n) is 5.46. The molecule has 2 heterocycles. The lowest BCUT2D eigenvalue weighted by Crippen LogP contribution is -2.07. The van der Waals surface area contributed by atoms with Crippen molar-refractivity contribution in [1.29, 1.82) is 0 Å². The van der Waals surface area contributed by atoms with E-state index in [0.717, 1.165) is 28.6 Å². The van der Waals surface area contributed by atoms with Crippen LogP contribution in [-0.4, -0.2) is 24.5 Å². The number of hydrogen-bond donors (Lipinski definition) is 0. The van der Waals surface area contributed by atoms with Gasteiger partial charge in [0.2, 0.25) is 0 Å². The van der Waals surface area contributed by atoms with Crippen LogP contribution in [0.4, 0.5) is 0 Å². The largest absolute Gasteiger partial charge is 0.299 e. The first-order valence-electron chi connectivity index (χ1n) is 10.8. The molecule has 4 rings (SSSR count). The molecule has 0 unspecified atom stereocenters. The van der Waals surface area contributed by atoms with E-state index in [9.17, 15) is 0 Å². The van der Waals surface area contributed by atoms with Crippen molar-refractivity contribution in [2.24, 2.45) is 0 Å². The van der Waals surface area contributed by atoms with Crippen molar-refractivity contribution in [2.75, 3.05) is 0 Å². The van der Waals surface area contributed by atoms with E-state index in [1.807, 2.05) is 32.2 Å². The Bertz CT molecular complexity index is 1170. The zero-order chi connectivity index (χ0) is 22.1. The van der Waals surface area contributed by atoms with Crippen LogP contribution in [0.15, 0.2) is 54.9 Å². The summed E-state index contributed by atoms with van der Waals surface area (Å²) in [7, 11) is 0. The average Bonchev–Trinajstić information content (AvgIpc) is 3.22. The summed E-state index contributed by atoms with van der Waals surface area (Å²) in [6.45, 7) is 12.8. The van der Waals surface area contributed by atoms with E-state index in [-0.39, 0.29) is 0 Å². The molecular formula is C26H29N5. The van der Waals surface area contributed by atoms with Gasteiger partial charge in [0.1, 0.15) is 17.5 Å². The molecule has 0 amide bonds. The highest BCUT2D eigenvalue weighted by Gasteiger charge is 2.19. The van der Waals surface area contributed by atoms with Crippen LogP contribution in [0.1, 0.15) is 62.3 Å². The fourth-order valence-electron chi connectivity index (χ4n) is 4.03. The standard InChI is InChI=1S/C26H29N5/c1-16(2)22-11-8-12-23(17(3)4)24(22)31-14-13-27-26(31)21-10-7-9-20(15-21)25-29-18(5)28-19(6)30-25/h7-17H,1-6H3. The average molecular weight is 412 g/mol. The first-order chi connectivity index (χ1) is 14.8. The molecule has 0 spiro atoms. The minimum atomic E-state index is 0.409. The Morgan fingerprint density at radius 3 is 1.94 bits per heavy atom. The Morgan fingerprint density at radius 2 is 1.32 bits per heavy atom. The van der Waals surface area contributed by atoms with E-state index >= 15 is 0 Å². The zero-order valence-corrected chi connectivity index (χ0v) is 19.1. The molecule has 5 heteroatoms. The Kier molecular flexibility index (Phi) is 5.68. The molecular weight excluding hydrogens is 382 g/mol. The number of imidazole rings is 1. The third kappa shape index (κ3) is 4.13. The van der Waals surface area contributed by atoms with Gasteiger partial charge < -0.3 is 0 Å². The molecule has 0 aliphatic rings. The Labute approximate surface area is 184 Å². The third-order valence-corrected chi connectivity index (χ3v) is 5.46. The van der Waals surface area contributed by atoms with E-state index in [0.29, 0.717) is 17.7 Å². The minimum Gasteiger partial charge on any atom is -0.299 e. The zero-order valence-electron chi connectivity index (χ0n) is 19.1. The summed E-state index contributed by atoms with van der Waals surface area (Å²) in [4.78, 5) is 18.1. The quantitative estimate of drug-likeness (QED) is 0.389. The van der Waals surface area contributed by atoms with Gasteiger partial charge in [0.05, 0.1) is 5.69 Å². The van der Waals surface area contributed by atoms with Crippen molar-refractivity contribution >= 4 is 0 Å². The van der Waals surface area contributed by atoms with Gasteiger partial charge in [0.25, 0.3) is 0 Å². The number of benzene rings is 2. The maximum Gasteiger partial charge on any atom is 0.163 e. The SMILES string of the molecule is Cc1nc(C)nc(-c2cccc(-c3nccn3-c3c(C(C)C)cccc3C(C)C)c2)n1. The lowest BCUT2D eigenvalue weighted by atomic mass is 9.92. The molecule has 4 aromatic rings. The second-order valence-corrected chi connectivity index (χ2v) is 8.55. The molecule has 2 aromatic heterocycles. The monoisotopic (exact) mass is 411 g/mol. The van der Waals surface area contributed by atoms with Crippen molar-refractivity contribution in [3.63, 3.8) is 0 Å². The second-order valence-electron chi connectivity index (χ2n) is 8.55. The van der Waals surface area contributed by atoms with Crippen LogP contribution in [0.2, 0.25) is 0 Å². The van der Waals surface area contributed by atoms with Crippen LogP contribution in [0.3, 0.4) is 0 Å². The maximum absolute atomic E-state index is 4.74. The van der Waals surface area contributed by atoms with E-state index in [1.54, 1.807) is 0 Å².